The van der Waals surface area contributed by atoms with Crippen LogP contribution < -0.4 is 5.32 Å². The Hall–Kier alpha value is -1.00. The third kappa shape index (κ3) is 3.41. The highest BCUT2D eigenvalue weighted by atomic mass is 16.3. The van der Waals surface area contributed by atoms with E-state index in [0.29, 0.717) is 6.54 Å². The molecular formula is C8H13N3O. The first-order chi connectivity index (χ1) is 5.93. The maximum Gasteiger partial charge on any atom is 0.0599 e. The van der Waals surface area contributed by atoms with Crippen molar-refractivity contribution < 1.29 is 5.11 Å². The Bertz CT molecular complexity index is 203. The predicted octanol–water partition coefficient (Wildman–Crippen LogP) is -0.399. The van der Waals surface area contributed by atoms with E-state index >= 15 is 0 Å². The molecule has 0 amide bonds. The van der Waals surface area contributed by atoms with Gasteiger partial charge in [-0.3, -0.25) is 9.97 Å². The summed E-state index contributed by atoms with van der Waals surface area (Å²) in [6.45, 7) is 1.65. The Labute approximate surface area is 71.7 Å². The first-order valence-corrected chi connectivity index (χ1v) is 4.00. The maximum absolute atomic E-state index is 8.47. The number of hydrogen-bond donors (Lipinski definition) is 2. The summed E-state index contributed by atoms with van der Waals surface area (Å²) in [5.41, 5.74) is 0.975. The predicted molar refractivity (Wildman–Crippen MR) is 45.7 cm³/mol. The maximum atomic E-state index is 8.47. The molecule has 66 valence electrons. The summed E-state index contributed by atoms with van der Waals surface area (Å²) in [7, 11) is 0. The fraction of sp³-hybridized carbons (Fsp3) is 0.500. The minimum Gasteiger partial charge on any atom is -0.395 e. The molecule has 0 aromatic carbocycles. The Morgan fingerprint density at radius 2 is 2.25 bits per heavy atom. The lowest BCUT2D eigenvalue weighted by atomic mass is 10.3. The molecule has 0 fully saturated rings. The van der Waals surface area contributed by atoms with Gasteiger partial charge in [-0.1, -0.05) is 0 Å². The summed E-state index contributed by atoms with van der Waals surface area (Å²) in [6.07, 6.45) is 5.94. The minimum absolute atomic E-state index is 0.181. The van der Waals surface area contributed by atoms with Gasteiger partial charge in [0.25, 0.3) is 0 Å². The van der Waals surface area contributed by atoms with Crippen LogP contribution in [0.25, 0.3) is 0 Å². The monoisotopic (exact) mass is 167 g/mol. The van der Waals surface area contributed by atoms with Gasteiger partial charge in [0, 0.05) is 38.1 Å². The molecule has 0 aliphatic carbocycles. The molecular weight excluding hydrogens is 154 g/mol. The summed E-state index contributed by atoms with van der Waals surface area (Å²) in [6, 6.07) is 0. The lowest BCUT2D eigenvalue weighted by molar-refractivity contribution is 0.292. The van der Waals surface area contributed by atoms with Crippen molar-refractivity contribution in [3.63, 3.8) is 0 Å². The van der Waals surface area contributed by atoms with Crippen molar-refractivity contribution in [3.8, 4) is 0 Å². The van der Waals surface area contributed by atoms with Gasteiger partial charge in [0.2, 0.25) is 0 Å². The molecule has 4 nitrogen and oxygen atoms in total. The quantitative estimate of drug-likeness (QED) is 0.586. The number of nitrogens with one attached hydrogen (secondary N) is 1. The SMILES string of the molecule is OCCNCCc1cnccn1. The Morgan fingerprint density at radius 1 is 1.33 bits per heavy atom. The standard InChI is InChI=1S/C8H13N3O/c12-6-5-9-2-1-8-7-10-3-4-11-8/h3-4,7,9,12H,1-2,5-6H2. The van der Waals surface area contributed by atoms with Crippen LogP contribution in [0.4, 0.5) is 0 Å². The van der Waals surface area contributed by atoms with Gasteiger partial charge in [0.05, 0.1) is 12.3 Å². The zero-order valence-corrected chi connectivity index (χ0v) is 6.90. The van der Waals surface area contributed by atoms with Crippen LogP contribution in [-0.4, -0.2) is 34.8 Å². The molecule has 0 bridgehead atoms. The topological polar surface area (TPSA) is 58.0 Å². The zero-order valence-electron chi connectivity index (χ0n) is 6.90. The van der Waals surface area contributed by atoms with Crippen LogP contribution in [-0.2, 0) is 6.42 Å². The van der Waals surface area contributed by atoms with Crippen molar-refractivity contribution in [2.45, 2.75) is 6.42 Å². The average molecular weight is 167 g/mol. The number of rotatable bonds is 5. The summed E-state index contributed by atoms with van der Waals surface area (Å²) in [4.78, 5) is 8.06. The van der Waals surface area contributed by atoms with Crippen molar-refractivity contribution in [3.05, 3.63) is 24.3 Å². The Balaban J connectivity index is 2.16. The Kier molecular flexibility index (Phi) is 4.26. The second-order valence-electron chi connectivity index (χ2n) is 2.42. The van der Waals surface area contributed by atoms with E-state index in [1.807, 2.05) is 0 Å². The van der Waals surface area contributed by atoms with Crippen molar-refractivity contribution in [2.75, 3.05) is 19.7 Å². The molecule has 2 N–H and O–H groups in total. The van der Waals surface area contributed by atoms with Crippen LogP contribution in [0.5, 0.6) is 0 Å². The molecule has 0 spiro atoms. The minimum atomic E-state index is 0.181. The second-order valence-corrected chi connectivity index (χ2v) is 2.42. The van der Waals surface area contributed by atoms with E-state index in [1.165, 1.54) is 0 Å². The highest BCUT2D eigenvalue weighted by Gasteiger charge is 1.91. The van der Waals surface area contributed by atoms with Gasteiger partial charge in [0.1, 0.15) is 0 Å². The molecule has 0 saturated carbocycles. The molecule has 0 radical (unpaired) electrons. The molecule has 1 heterocycles. The zero-order chi connectivity index (χ0) is 8.65. The van der Waals surface area contributed by atoms with Gasteiger partial charge in [-0.2, -0.15) is 0 Å². The molecule has 0 aliphatic heterocycles. The van der Waals surface area contributed by atoms with Gasteiger partial charge in [0.15, 0.2) is 0 Å². The van der Waals surface area contributed by atoms with E-state index in [4.69, 9.17) is 5.11 Å². The summed E-state index contributed by atoms with van der Waals surface area (Å²) in [5.74, 6) is 0. The number of aliphatic hydroxyl groups excluding tert-OH is 1. The summed E-state index contributed by atoms with van der Waals surface area (Å²) in [5, 5.41) is 11.5. The molecule has 0 atom stereocenters. The van der Waals surface area contributed by atoms with Crippen molar-refractivity contribution >= 4 is 0 Å². The smallest absolute Gasteiger partial charge is 0.0599 e. The van der Waals surface area contributed by atoms with Crippen LogP contribution in [0.3, 0.4) is 0 Å². The second kappa shape index (κ2) is 5.62. The van der Waals surface area contributed by atoms with Gasteiger partial charge in [-0.15, -0.1) is 0 Å². The van der Waals surface area contributed by atoms with Crippen LogP contribution >= 0.6 is 0 Å². The van der Waals surface area contributed by atoms with E-state index in [1.54, 1.807) is 18.6 Å². The molecule has 1 aromatic rings. The molecule has 0 aliphatic rings. The molecule has 1 aromatic heterocycles. The molecule has 0 saturated heterocycles. The highest BCUT2D eigenvalue weighted by Crippen LogP contribution is 1.89. The molecule has 0 unspecified atom stereocenters. The third-order valence-corrected chi connectivity index (χ3v) is 1.46. The molecule has 1 rings (SSSR count). The lowest BCUT2D eigenvalue weighted by Crippen LogP contribution is -2.21. The summed E-state index contributed by atoms with van der Waals surface area (Å²) < 4.78 is 0. The van der Waals surface area contributed by atoms with E-state index in [9.17, 15) is 0 Å². The van der Waals surface area contributed by atoms with Crippen LogP contribution in [0.1, 0.15) is 5.69 Å². The fourth-order valence-electron chi connectivity index (χ4n) is 0.880. The lowest BCUT2D eigenvalue weighted by Gasteiger charge is -2.00. The van der Waals surface area contributed by atoms with E-state index < -0.39 is 0 Å². The third-order valence-electron chi connectivity index (χ3n) is 1.46. The first kappa shape index (κ1) is 9.09. The van der Waals surface area contributed by atoms with Gasteiger partial charge in [-0.05, 0) is 0 Å². The Morgan fingerprint density at radius 3 is 2.92 bits per heavy atom. The highest BCUT2D eigenvalue weighted by molar-refractivity contribution is 4.94. The average Bonchev–Trinajstić information content (AvgIpc) is 2.14. The number of aliphatic hydroxyl groups is 1. The molecule has 12 heavy (non-hydrogen) atoms. The van der Waals surface area contributed by atoms with Gasteiger partial charge >= 0.3 is 0 Å². The van der Waals surface area contributed by atoms with Crippen molar-refractivity contribution in [1.29, 1.82) is 0 Å². The van der Waals surface area contributed by atoms with E-state index in [2.05, 4.69) is 15.3 Å². The van der Waals surface area contributed by atoms with Gasteiger partial charge in [-0.25, -0.2) is 0 Å². The largest absolute Gasteiger partial charge is 0.395 e. The number of nitrogens with zero attached hydrogens (tertiary/aromatic N) is 2. The van der Waals surface area contributed by atoms with Crippen molar-refractivity contribution in [1.82, 2.24) is 15.3 Å². The summed E-state index contributed by atoms with van der Waals surface area (Å²) >= 11 is 0. The van der Waals surface area contributed by atoms with Crippen molar-refractivity contribution in [2.24, 2.45) is 0 Å². The van der Waals surface area contributed by atoms with E-state index in [-0.39, 0.29) is 6.61 Å². The normalized spacial score (nSPS) is 10.1. The molecule has 4 heteroatoms. The number of hydrogen-bond acceptors (Lipinski definition) is 4. The van der Waals surface area contributed by atoms with Crippen LogP contribution in [0.2, 0.25) is 0 Å². The van der Waals surface area contributed by atoms with Gasteiger partial charge < -0.3 is 10.4 Å². The fourth-order valence-corrected chi connectivity index (χ4v) is 0.880. The van der Waals surface area contributed by atoms with Crippen LogP contribution in [0.15, 0.2) is 18.6 Å². The van der Waals surface area contributed by atoms with Crippen LogP contribution in [0, 0.1) is 0 Å². The first-order valence-electron chi connectivity index (χ1n) is 4.00. The number of aromatic nitrogens is 2. The van der Waals surface area contributed by atoms with E-state index in [0.717, 1.165) is 18.7 Å².